The number of nitrogens with zero attached hydrogens (tertiary/aromatic N) is 2. The van der Waals surface area contributed by atoms with Crippen molar-refractivity contribution in [2.24, 2.45) is 0 Å². The Labute approximate surface area is 157 Å². The molecule has 0 bridgehead atoms. The van der Waals surface area contributed by atoms with Crippen LogP contribution in [0.3, 0.4) is 0 Å². The summed E-state index contributed by atoms with van der Waals surface area (Å²) < 4.78 is 5.82. The van der Waals surface area contributed by atoms with Gasteiger partial charge in [-0.25, -0.2) is 0 Å². The highest BCUT2D eigenvalue weighted by molar-refractivity contribution is 6.10. The van der Waals surface area contributed by atoms with Gasteiger partial charge in [-0.05, 0) is 38.5 Å². The molecule has 2 heterocycles. The molecule has 142 valence electrons. The van der Waals surface area contributed by atoms with E-state index in [4.69, 9.17) is 4.74 Å². The molecular formula is C20H23N3O4. The number of carbonyl (C=O) groups excluding carboxylic acids is 3. The molecule has 0 saturated heterocycles. The summed E-state index contributed by atoms with van der Waals surface area (Å²) in [5.41, 5.74) is 2.75. The van der Waals surface area contributed by atoms with Gasteiger partial charge in [-0.3, -0.25) is 19.3 Å². The second-order valence-corrected chi connectivity index (χ2v) is 6.90. The van der Waals surface area contributed by atoms with Crippen molar-refractivity contribution in [2.75, 3.05) is 25.5 Å². The molecular weight excluding hydrogens is 346 g/mol. The Hall–Kier alpha value is -3.09. The highest BCUT2D eigenvalue weighted by Crippen LogP contribution is 2.35. The molecule has 27 heavy (non-hydrogen) atoms. The van der Waals surface area contributed by atoms with Crippen LogP contribution in [0, 0.1) is 13.8 Å². The summed E-state index contributed by atoms with van der Waals surface area (Å²) >= 11 is 0. The highest BCUT2D eigenvalue weighted by Gasteiger charge is 2.36. The Morgan fingerprint density at radius 1 is 1.19 bits per heavy atom. The van der Waals surface area contributed by atoms with Crippen LogP contribution >= 0.6 is 0 Å². The lowest BCUT2D eigenvalue weighted by molar-refractivity contribution is -0.135. The predicted octanol–water partition coefficient (Wildman–Crippen LogP) is 2.33. The second kappa shape index (κ2) is 6.90. The maximum atomic E-state index is 13.3. The Morgan fingerprint density at radius 3 is 2.44 bits per heavy atom. The molecule has 0 aliphatic carbocycles. The van der Waals surface area contributed by atoms with Crippen molar-refractivity contribution < 1.29 is 19.1 Å². The number of ketones is 1. The van der Waals surface area contributed by atoms with Gasteiger partial charge in [0.2, 0.25) is 0 Å². The number of hydrogen-bond acceptors (Lipinski definition) is 4. The van der Waals surface area contributed by atoms with Gasteiger partial charge in [0.15, 0.2) is 11.9 Å². The van der Waals surface area contributed by atoms with Gasteiger partial charge >= 0.3 is 0 Å². The molecule has 0 radical (unpaired) electrons. The minimum Gasteiger partial charge on any atom is -0.476 e. The number of para-hydroxylation sites is 2. The minimum atomic E-state index is -0.789. The van der Waals surface area contributed by atoms with E-state index in [1.54, 1.807) is 46.1 Å². The summed E-state index contributed by atoms with van der Waals surface area (Å²) in [6.07, 6.45) is -0.789. The zero-order chi connectivity index (χ0) is 19.9. The van der Waals surface area contributed by atoms with E-state index >= 15 is 0 Å². The molecule has 1 aliphatic rings. The third kappa shape index (κ3) is 3.20. The van der Waals surface area contributed by atoms with Crippen LogP contribution in [-0.2, 0) is 4.79 Å². The molecule has 0 saturated carbocycles. The Kier molecular flexibility index (Phi) is 4.78. The van der Waals surface area contributed by atoms with Gasteiger partial charge in [0, 0.05) is 25.4 Å². The lowest BCUT2D eigenvalue weighted by atomic mass is 10.1. The van der Waals surface area contributed by atoms with Crippen LogP contribution in [-0.4, -0.2) is 54.2 Å². The summed E-state index contributed by atoms with van der Waals surface area (Å²) in [6.45, 7) is 5.10. The summed E-state index contributed by atoms with van der Waals surface area (Å²) in [4.78, 5) is 43.7. The number of carbonyl (C=O) groups is 3. The number of ether oxygens (including phenoxy) is 1. The van der Waals surface area contributed by atoms with Crippen LogP contribution in [0.25, 0.3) is 0 Å². The molecule has 0 unspecified atom stereocenters. The maximum Gasteiger partial charge on any atom is 0.275 e. The van der Waals surface area contributed by atoms with E-state index in [1.165, 1.54) is 16.7 Å². The smallest absolute Gasteiger partial charge is 0.275 e. The number of benzene rings is 1. The first-order valence-corrected chi connectivity index (χ1v) is 8.71. The van der Waals surface area contributed by atoms with Crippen molar-refractivity contribution in [2.45, 2.75) is 26.9 Å². The monoisotopic (exact) mass is 369 g/mol. The van der Waals surface area contributed by atoms with Gasteiger partial charge in [-0.1, -0.05) is 12.1 Å². The third-order valence-electron chi connectivity index (χ3n) is 4.74. The average molecular weight is 369 g/mol. The number of Topliss-reactive ketones (excluding diaryl/α,β-unsaturated/α-hetero) is 1. The van der Waals surface area contributed by atoms with Gasteiger partial charge in [-0.15, -0.1) is 0 Å². The second-order valence-electron chi connectivity index (χ2n) is 6.90. The van der Waals surface area contributed by atoms with Crippen molar-refractivity contribution in [3.05, 3.63) is 46.8 Å². The SMILES string of the molecule is CC(=O)c1c(C)[nH]c(C(=O)N2C[C@@H](C(=O)N(C)C)Oc3ccccc32)c1C. The zero-order valence-corrected chi connectivity index (χ0v) is 16.1. The molecule has 2 aromatic rings. The van der Waals surface area contributed by atoms with Crippen LogP contribution < -0.4 is 9.64 Å². The molecule has 1 N–H and O–H groups in total. The number of fused-ring (bicyclic) bond motifs is 1. The van der Waals surface area contributed by atoms with Crippen LogP contribution in [0.15, 0.2) is 24.3 Å². The van der Waals surface area contributed by atoms with E-state index in [0.29, 0.717) is 34.0 Å². The van der Waals surface area contributed by atoms with E-state index in [2.05, 4.69) is 4.98 Å². The molecule has 1 aromatic carbocycles. The van der Waals surface area contributed by atoms with E-state index in [1.807, 2.05) is 6.07 Å². The molecule has 3 rings (SSSR count). The molecule has 0 fully saturated rings. The van der Waals surface area contributed by atoms with Crippen LogP contribution in [0.2, 0.25) is 0 Å². The van der Waals surface area contributed by atoms with Crippen LogP contribution in [0.5, 0.6) is 5.75 Å². The Balaban J connectivity index is 2.04. The lowest BCUT2D eigenvalue weighted by Gasteiger charge is -2.35. The molecule has 1 aromatic heterocycles. The number of aromatic amines is 1. The molecule has 7 heteroatoms. The van der Waals surface area contributed by atoms with Crippen molar-refractivity contribution in [1.82, 2.24) is 9.88 Å². The number of amides is 2. The van der Waals surface area contributed by atoms with Gasteiger partial charge in [-0.2, -0.15) is 0 Å². The highest BCUT2D eigenvalue weighted by atomic mass is 16.5. The number of likely N-dealkylation sites (N-methyl/N-ethyl adjacent to an activating group) is 1. The lowest BCUT2D eigenvalue weighted by Crippen LogP contribution is -2.50. The van der Waals surface area contributed by atoms with Crippen LogP contribution in [0.1, 0.15) is 39.0 Å². The number of aromatic nitrogens is 1. The Morgan fingerprint density at radius 2 is 1.85 bits per heavy atom. The number of anilines is 1. The van der Waals surface area contributed by atoms with E-state index in [-0.39, 0.29) is 24.1 Å². The molecule has 2 amide bonds. The fraction of sp³-hybridized carbons (Fsp3) is 0.350. The quantitative estimate of drug-likeness (QED) is 0.842. The van der Waals surface area contributed by atoms with Gasteiger partial charge in [0.25, 0.3) is 11.8 Å². The number of aryl methyl sites for hydroxylation is 1. The third-order valence-corrected chi connectivity index (χ3v) is 4.74. The Bertz CT molecular complexity index is 929. The average Bonchev–Trinajstić information content (AvgIpc) is 2.93. The van der Waals surface area contributed by atoms with Gasteiger partial charge in [0.1, 0.15) is 11.4 Å². The topological polar surface area (TPSA) is 82.7 Å². The standard InChI is InChI=1S/C20H23N3O4/c1-11-17(13(3)24)12(2)21-18(11)20(26)23-10-16(19(25)22(4)5)27-15-9-7-6-8-14(15)23/h6-9,16,21H,10H2,1-5H3/t16-/m0/s1. The number of rotatable bonds is 3. The fourth-order valence-electron chi connectivity index (χ4n) is 3.47. The maximum absolute atomic E-state index is 13.3. The molecule has 1 atom stereocenters. The fourth-order valence-corrected chi connectivity index (χ4v) is 3.47. The first kappa shape index (κ1) is 18.7. The van der Waals surface area contributed by atoms with Crippen LogP contribution in [0.4, 0.5) is 5.69 Å². The summed E-state index contributed by atoms with van der Waals surface area (Å²) in [5.74, 6) is -0.130. The molecule has 1 aliphatic heterocycles. The van der Waals surface area contributed by atoms with Crippen molar-refractivity contribution in [3.63, 3.8) is 0 Å². The zero-order valence-electron chi connectivity index (χ0n) is 16.1. The first-order chi connectivity index (χ1) is 12.7. The van der Waals surface area contributed by atoms with E-state index < -0.39 is 6.10 Å². The first-order valence-electron chi connectivity index (χ1n) is 8.71. The van der Waals surface area contributed by atoms with Crippen molar-refractivity contribution >= 4 is 23.3 Å². The summed E-state index contributed by atoms with van der Waals surface area (Å²) in [7, 11) is 3.30. The predicted molar refractivity (Wildman–Crippen MR) is 101 cm³/mol. The van der Waals surface area contributed by atoms with Gasteiger partial charge in [0.05, 0.1) is 12.2 Å². The summed E-state index contributed by atoms with van der Waals surface area (Å²) in [5, 5.41) is 0. The van der Waals surface area contributed by atoms with Crippen molar-refractivity contribution in [1.29, 1.82) is 0 Å². The number of H-pyrrole nitrogens is 1. The largest absolute Gasteiger partial charge is 0.476 e. The van der Waals surface area contributed by atoms with E-state index in [0.717, 1.165) is 0 Å². The van der Waals surface area contributed by atoms with Crippen molar-refractivity contribution in [3.8, 4) is 5.75 Å². The minimum absolute atomic E-state index is 0.0941. The summed E-state index contributed by atoms with van der Waals surface area (Å²) in [6, 6.07) is 7.12. The van der Waals surface area contributed by atoms with E-state index in [9.17, 15) is 14.4 Å². The number of hydrogen-bond donors (Lipinski definition) is 1. The normalized spacial score (nSPS) is 15.7. The molecule has 0 spiro atoms. The number of nitrogens with one attached hydrogen (secondary N) is 1. The van der Waals surface area contributed by atoms with Gasteiger partial charge < -0.3 is 14.6 Å². The molecule has 7 nitrogen and oxygen atoms in total.